The second-order valence-corrected chi connectivity index (χ2v) is 13.5. The Bertz CT molecular complexity index is 1710. The first-order chi connectivity index (χ1) is 20.1. The van der Waals surface area contributed by atoms with E-state index < -0.39 is 45.5 Å². The number of H-pyrrole nitrogens is 1. The number of amides is 1. The zero-order valence-electron chi connectivity index (χ0n) is 24.5. The minimum Gasteiger partial charge on any atom is -0.394 e. The van der Waals surface area contributed by atoms with Gasteiger partial charge in [-0.2, -0.15) is 18.3 Å². The lowest BCUT2D eigenvalue weighted by atomic mass is 9.95. The van der Waals surface area contributed by atoms with E-state index >= 15 is 0 Å². The van der Waals surface area contributed by atoms with Crippen LogP contribution in [0.15, 0.2) is 59.8 Å². The van der Waals surface area contributed by atoms with Gasteiger partial charge < -0.3 is 15.0 Å². The lowest BCUT2D eigenvalue weighted by Crippen LogP contribution is -2.31. The molecule has 0 radical (unpaired) electrons. The van der Waals surface area contributed by atoms with E-state index in [2.05, 4.69) is 20.5 Å². The molecule has 0 unspecified atom stereocenters. The number of carbonyl (C=O) groups excluding carboxylic acids is 1. The van der Waals surface area contributed by atoms with Crippen LogP contribution in [-0.4, -0.2) is 51.5 Å². The van der Waals surface area contributed by atoms with Crippen LogP contribution in [0.3, 0.4) is 0 Å². The molecule has 0 spiro atoms. The Morgan fingerprint density at radius 2 is 1.77 bits per heavy atom. The molecule has 43 heavy (non-hydrogen) atoms. The number of aromatic nitrogens is 4. The molecular weight excluding hydrogens is 583 g/mol. The Balaban J connectivity index is 1.69. The van der Waals surface area contributed by atoms with Gasteiger partial charge in [-0.05, 0) is 41.8 Å². The van der Waals surface area contributed by atoms with Gasteiger partial charge in [-0.3, -0.25) is 9.89 Å². The zero-order valence-corrected chi connectivity index (χ0v) is 25.3. The largest absolute Gasteiger partial charge is 0.416 e. The first-order valence-electron chi connectivity index (χ1n) is 13.6. The first-order valence-corrected chi connectivity index (χ1v) is 15.2. The second kappa shape index (κ2) is 12.0. The summed E-state index contributed by atoms with van der Waals surface area (Å²) in [5.74, 6) is -0.280. The molecule has 1 atom stereocenters. The molecule has 3 N–H and O–H groups in total. The van der Waals surface area contributed by atoms with Crippen LogP contribution in [0.2, 0.25) is 0 Å². The van der Waals surface area contributed by atoms with E-state index in [1.54, 1.807) is 17.6 Å². The minimum absolute atomic E-state index is 0.00746. The maximum Gasteiger partial charge on any atom is 0.416 e. The molecule has 230 valence electrons. The van der Waals surface area contributed by atoms with E-state index in [0.29, 0.717) is 28.2 Å². The lowest BCUT2D eigenvalue weighted by molar-refractivity contribution is -0.138. The number of hydrogen-bond acceptors (Lipinski definition) is 6. The van der Waals surface area contributed by atoms with Gasteiger partial charge in [0.1, 0.15) is 11.5 Å². The summed E-state index contributed by atoms with van der Waals surface area (Å²) in [5, 5.41) is 19.2. The van der Waals surface area contributed by atoms with Gasteiger partial charge in [0.05, 0.1) is 35.1 Å². The highest BCUT2D eigenvalue weighted by atomic mass is 32.2. The fraction of sp³-hybridized carbons (Fsp3) is 0.367. The summed E-state index contributed by atoms with van der Waals surface area (Å²) in [6.45, 7) is 8.04. The van der Waals surface area contributed by atoms with Crippen molar-refractivity contribution >= 4 is 15.7 Å². The van der Waals surface area contributed by atoms with Crippen molar-refractivity contribution in [2.75, 3.05) is 12.4 Å². The number of benzene rings is 2. The van der Waals surface area contributed by atoms with Gasteiger partial charge in [-0.1, -0.05) is 52.0 Å². The highest BCUT2D eigenvalue weighted by Gasteiger charge is 2.35. The first kappa shape index (κ1) is 32.0. The van der Waals surface area contributed by atoms with E-state index in [1.165, 1.54) is 49.6 Å². The molecule has 2 heterocycles. The number of halogens is 3. The molecule has 4 rings (SSSR count). The van der Waals surface area contributed by atoms with Crippen LogP contribution in [0.25, 0.3) is 11.1 Å². The van der Waals surface area contributed by atoms with Crippen LogP contribution >= 0.6 is 0 Å². The molecule has 0 aliphatic rings. The summed E-state index contributed by atoms with van der Waals surface area (Å²) in [6.07, 6.45) is -1.68. The monoisotopic (exact) mass is 617 g/mol. The molecule has 4 aromatic rings. The van der Waals surface area contributed by atoms with Crippen LogP contribution in [0.4, 0.5) is 13.2 Å². The van der Waals surface area contributed by atoms with Gasteiger partial charge >= 0.3 is 6.18 Å². The summed E-state index contributed by atoms with van der Waals surface area (Å²) in [6, 6.07) is 9.08. The Morgan fingerprint density at radius 1 is 1.09 bits per heavy atom. The minimum atomic E-state index is -4.63. The molecule has 2 aromatic heterocycles. The Labute approximate surface area is 248 Å². The molecule has 2 aromatic carbocycles. The van der Waals surface area contributed by atoms with E-state index in [4.69, 9.17) is 0 Å². The Hall–Kier alpha value is -3.97. The molecule has 9 nitrogen and oxygen atoms in total. The molecule has 0 fully saturated rings. The van der Waals surface area contributed by atoms with Crippen LogP contribution < -0.4 is 5.32 Å². The lowest BCUT2D eigenvalue weighted by Gasteiger charge is -2.22. The topological polar surface area (TPSA) is 130 Å². The summed E-state index contributed by atoms with van der Waals surface area (Å²) < 4.78 is 68.6. The molecule has 1 amide bonds. The molecule has 13 heteroatoms. The molecular formula is C30H34F3N5O4S. The molecule has 0 aliphatic carbocycles. The maximum atomic E-state index is 14.2. The van der Waals surface area contributed by atoms with Crippen molar-refractivity contribution in [1.29, 1.82) is 0 Å². The highest BCUT2D eigenvalue weighted by molar-refractivity contribution is 7.91. The van der Waals surface area contributed by atoms with Crippen molar-refractivity contribution in [1.82, 2.24) is 25.1 Å². The van der Waals surface area contributed by atoms with Crippen LogP contribution in [0.5, 0.6) is 0 Å². The number of carbonyl (C=O) groups is 1. The third kappa shape index (κ3) is 6.83. The van der Waals surface area contributed by atoms with Crippen LogP contribution in [0, 0.1) is 6.92 Å². The number of imidazole rings is 1. The van der Waals surface area contributed by atoms with Crippen molar-refractivity contribution in [3.8, 4) is 11.1 Å². The van der Waals surface area contributed by atoms with Crippen molar-refractivity contribution in [2.24, 2.45) is 0 Å². The zero-order chi connectivity index (χ0) is 31.7. The van der Waals surface area contributed by atoms with E-state index in [-0.39, 0.29) is 28.5 Å². The predicted octanol–water partition coefficient (Wildman–Crippen LogP) is 5.20. The standard InChI is InChI=1S/C30H34F3N5O4S/c1-6-43(41,42)23-11-9-19(10-12-23)25(17-39)36-27(40)26-18(2)38(28(37-26)29(3,4)5)16-21-8-7-20(22-14-34-35-15-22)13-24(21)30(31,32)33/h7-15,25,39H,6,16-17H2,1-5H3,(H,34,35)(H,36,40)/t25-/m1/s1. The van der Waals surface area contributed by atoms with E-state index in [9.17, 15) is 31.5 Å². The molecule has 0 aliphatic heterocycles. The molecule has 0 bridgehead atoms. The fourth-order valence-corrected chi connectivity index (χ4v) is 5.67. The van der Waals surface area contributed by atoms with Crippen LogP contribution in [0.1, 0.15) is 72.4 Å². The third-order valence-electron chi connectivity index (χ3n) is 7.19. The summed E-state index contributed by atoms with van der Waals surface area (Å²) in [4.78, 5) is 18.1. The van der Waals surface area contributed by atoms with Crippen molar-refractivity contribution in [3.05, 3.63) is 88.8 Å². The number of aliphatic hydroxyl groups is 1. The van der Waals surface area contributed by atoms with Gasteiger partial charge in [0.25, 0.3) is 5.91 Å². The Kier molecular flexibility index (Phi) is 8.89. The third-order valence-corrected chi connectivity index (χ3v) is 8.94. The maximum absolute atomic E-state index is 14.2. The van der Waals surface area contributed by atoms with Gasteiger partial charge in [-0.15, -0.1) is 0 Å². The van der Waals surface area contributed by atoms with Crippen LogP contribution in [-0.2, 0) is 28.0 Å². The number of aliphatic hydroxyl groups excluding tert-OH is 1. The van der Waals surface area contributed by atoms with Crippen molar-refractivity contribution in [3.63, 3.8) is 0 Å². The van der Waals surface area contributed by atoms with Gasteiger partial charge in [0, 0.05) is 29.4 Å². The smallest absolute Gasteiger partial charge is 0.394 e. The fourth-order valence-electron chi connectivity index (χ4n) is 4.79. The van der Waals surface area contributed by atoms with Crippen molar-refractivity contribution < 1.29 is 31.5 Å². The predicted molar refractivity (Wildman–Crippen MR) is 155 cm³/mol. The van der Waals surface area contributed by atoms with E-state index in [0.717, 1.165) is 6.07 Å². The molecule has 0 saturated heterocycles. The van der Waals surface area contributed by atoms with Gasteiger partial charge in [-0.25, -0.2) is 13.4 Å². The number of nitrogens with zero attached hydrogens (tertiary/aromatic N) is 3. The number of nitrogens with one attached hydrogen (secondary N) is 2. The summed E-state index contributed by atoms with van der Waals surface area (Å²) in [7, 11) is -3.42. The highest BCUT2D eigenvalue weighted by Crippen LogP contribution is 2.36. The van der Waals surface area contributed by atoms with E-state index in [1.807, 2.05) is 20.8 Å². The average molecular weight is 618 g/mol. The summed E-state index contributed by atoms with van der Waals surface area (Å²) in [5.41, 5.74) is 0.297. The number of sulfone groups is 1. The number of rotatable bonds is 9. The van der Waals surface area contributed by atoms with Gasteiger partial charge in [0.2, 0.25) is 0 Å². The number of alkyl halides is 3. The second-order valence-electron chi connectivity index (χ2n) is 11.2. The average Bonchev–Trinajstić information content (AvgIpc) is 3.60. The summed E-state index contributed by atoms with van der Waals surface area (Å²) >= 11 is 0. The normalized spacial score (nSPS) is 13.2. The molecule has 0 saturated carbocycles. The van der Waals surface area contributed by atoms with Crippen molar-refractivity contribution in [2.45, 2.75) is 63.7 Å². The SMILES string of the molecule is CCS(=O)(=O)c1ccc([C@@H](CO)NC(=O)c2nc(C(C)(C)C)n(Cc3ccc(-c4cn[nH]c4)cc3C(F)(F)F)c2C)cc1. The number of aromatic amines is 1. The number of hydrogen-bond donors (Lipinski definition) is 3. The van der Waals surface area contributed by atoms with Gasteiger partial charge in [0.15, 0.2) is 9.84 Å². The quantitative estimate of drug-likeness (QED) is 0.237. The Morgan fingerprint density at radius 3 is 2.30 bits per heavy atom.